The van der Waals surface area contributed by atoms with E-state index in [0.717, 1.165) is 5.39 Å². The third-order valence-electron chi connectivity index (χ3n) is 4.94. The lowest BCUT2D eigenvalue weighted by Gasteiger charge is -2.10. The zero-order valence-electron chi connectivity index (χ0n) is 17.7. The van der Waals surface area contributed by atoms with E-state index in [1.165, 1.54) is 16.7 Å². The summed E-state index contributed by atoms with van der Waals surface area (Å²) < 4.78 is 28.1. The maximum absolute atomic E-state index is 12.7. The summed E-state index contributed by atoms with van der Waals surface area (Å²) in [5.74, 6) is 0.528. The number of fused-ring (bicyclic) bond motifs is 1. The average Bonchev–Trinajstić information content (AvgIpc) is 2.73. The molecule has 0 fully saturated rings. The van der Waals surface area contributed by atoms with Crippen molar-refractivity contribution in [2.45, 2.75) is 31.6 Å². The molecule has 1 heterocycles. The third kappa shape index (κ3) is 5.75. The summed E-state index contributed by atoms with van der Waals surface area (Å²) in [6, 6.07) is 15.5. The molecule has 0 amide bonds. The van der Waals surface area contributed by atoms with E-state index in [0.29, 0.717) is 30.9 Å². The van der Waals surface area contributed by atoms with Crippen LogP contribution in [0.2, 0.25) is 0 Å². The van der Waals surface area contributed by atoms with Crippen molar-refractivity contribution in [3.05, 3.63) is 77.6 Å². The first-order valence-corrected chi connectivity index (χ1v) is 11.7. The summed E-state index contributed by atoms with van der Waals surface area (Å²) in [7, 11) is -3.58. The van der Waals surface area contributed by atoms with Gasteiger partial charge in [-0.1, -0.05) is 61.9 Å². The summed E-state index contributed by atoms with van der Waals surface area (Å²) in [5, 5.41) is 4.77. The molecule has 0 aliphatic carbocycles. The van der Waals surface area contributed by atoms with Crippen molar-refractivity contribution < 1.29 is 8.42 Å². The molecule has 6 heteroatoms. The highest BCUT2D eigenvalue weighted by Crippen LogP contribution is 2.21. The topological polar surface area (TPSA) is 71.1 Å². The SMILES string of the molecule is CC(=Cc1ccc(C(C)C)cc1)CNCCNS(=O)(=O)c1cccc2cnccc12. The summed E-state index contributed by atoms with van der Waals surface area (Å²) in [6.45, 7) is 8.01. The van der Waals surface area contributed by atoms with Crippen LogP contribution in [0.4, 0.5) is 0 Å². The van der Waals surface area contributed by atoms with Gasteiger partial charge in [0.1, 0.15) is 0 Å². The number of sulfonamides is 1. The molecule has 2 N–H and O–H groups in total. The van der Waals surface area contributed by atoms with Crippen molar-refractivity contribution >= 4 is 26.9 Å². The Morgan fingerprint density at radius 3 is 2.57 bits per heavy atom. The first-order valence-electron chi connectivity index (χ1n) is 10.2. The Hall–Kier alpha value is -2.54. The smallest absolute Gasteiger partial charge is 0.241 e. The van der Waals surface area contributed by atoms with Gasteiger partial charge in [0.05, 0.1) is 4.90 Å². The largest absolute Gasteiger partial charge is 0.312 e. The fourth-order valence-electron chi connectivity index (χ4n) is 3.28. The van der Waals surface area contributed by atoms with Crippen LogP contribution in [0.3, 0.4) is 0 Å². The number of nitrogens with zero attached hydrogens (tertiary/aromatic N) is 1. The minimum absolute atomic E-state index is 0.281. The van der Waals surface area contributed by atoms with Gasteiger partial charge in [-0.3, -0.25) is 4.98 Å². The van der Waals surface area contributed by atoms with E-state index >= 15 is 0 Å². The van der Waals surface area contributed by atoms with Gasteiger partial charge in [-0.15, -0.1) is 0 Å². The standard InChI is InChI=1S/C24H29N3O2S/c1-18(2)21-9-7-20(8-10-21)15-19(3)16-26-13-14-27-30(28,29)24-6-4-5-22-17-25-12-11-23(22)24/h4-12,15,17-18,26-27H,13-14,16H2,1-3H3. The second-order valence-corrected chi connectivity index (χ2v) is 9.47. The number of rotatable bonds is 9. The van der Waals surface area contributed by atoms with Crippen LogP contribution in [-0.4, -0.2) is 33.0 Å². The Labute approximate surface area is 179 Å². The van der Waals surface area contributed by atoms with Crippen LogP contribution >= 0.6 is 0 Å². The van der Waals surface area contributed by atoms with Gasteiger partial charge in [0.2, 0.25) is 10.0 Å². The molecule has 5 nitrogen and oxygen atoms in total. The summed E-state index contributed by atoms with van der Waals surface area (Å²) in [5.41, 5.74) is 3.69. The number of aromatic nitrogens is 1. The van der Waals surface area contributed by atoms with Gasteiger partial charge >= 0.3 is 0 Å². The second kappa shape index (κ2) is 9.98. The molecule has 0 saturated carbocycles. The number of pyridine rings is 1. The molecule has 0 atom stereocenters. The Kier molecular flexibility index (Phi) is 7.37. The highest BCUT2D eigenvalue weighted by molar-refractivity contribution is 7.89. The van der Waals surface area contributed by atoms with Gasteiger partial charge in [0.25, 0.3) is 0 Å². The molecule has 1 aromatic heterocycles. The van der Waals surface area contributed by atoms with E-state index in [9.17, 15) is 8.42 Å². The highest BCUT2D eigenvalue weighted by atomic mass is 32.2. The molecule has 0 aliphatic rings. The van der Waals surface area contributed by atoms with E-state index in [2.05, 4.69) is 66.1 Å². The van der Waals surface area contributed by atoms with Gasteiger partial charge in [-0.2, -0.15) is 0 Å². The number of hydrogen-bond donors (Lipinski definition) is 2. The minimum Gasteiger partial charge on any atom is -0.312 e. The summed E-state index contributed by atoms with van der Waals surface area (Å²) in [4.78, 5) is 4.33. The van der Waals surface area contributed by atoms with Crippen molar-refractivity contribution in [1.82, 2.24) is 15.0 Å². The maximum Gasteiger partial charge on any atom is 0.241 e. The third-order valence-corrected chi connectivity index (χ3v) is 6.46. The van der Waals surface area contributed by atoms with E-state index in [-0.39, 0.29) is 4.90 Å². The molecule has 0 saturated heterocycles. The van der Waals surface area contributed by atoms with Crippen LogP contribution in [0.5, 0.6) is 0 Å². The van der Waals surface area contributed by atoms with Crippen molar-refractivity contribution in [1.29, 1.82) is 0 Å². The van der Waals surface area contributed by atoms with Gasteiger partial charge in [0.15, 0.2) is 0 Å². The van der Waals surface area contributed by atoms with Crippen molar-refractivity contribution in [2.75, 3.05) is 19.6 Å². The monoisotopic (exact) mass is 423 g/mol. The predicted molar refractivity (Wildman–Crippen MR) is 124 cm³/mol. The van der Waals surface area contributed by atoms with E-state index < -0.39 is 10.0 Å². The number of nitrogens with one attached hydrogen (secondary N) is 2. The zero-order chi connectivity index (χ0) is 21.6. The predicted octanol–water partition coefficient (Wildman–Crippen LogP) is 4.33. The molecular weight excluding hydrogens is 394 g/mol. The minimum atomic E-state index is -3.58. The van der Waals surface area contributed by atoms with Crippen LogP contribution < -0.4 is 10.0 Å². The van der Waals surface area contributed by atoms with E-state index in [1.807, 2.05) is 6.07 Å². The first kappa shape index (κ1) is 22.2. The highest BCUT2D eigenvalue weighted by Gasteiger charge is 2.16. The lowest BCUT2D eigenvalue weighted by molar-refractivity contribution is 0.579. The van der Waals surface area contributed by atoms with E-state index in [1.54, 1.807) is 30.6 Å². The fourth-order valence-corrected chi connectivity index (χ4v) is 4.54. The molecular formula is C24H29N3O2S. The van der Waals surface area contributed by atoms with Crippen molar-refractivity contribution in [3.8, 4) is 0 Å². The number of benzene rings is 2. The lowest BCUT2D eigenvalue weighted by atomic mass is 10.0. The maximum atomic E-state index is 12.7. The molecule has 0 radical (unpaired) electrons. The molecule has 2 aromatic carbocycles. The van der Waals surface area contributed by atoms with Crippen LogP contribution in [0.15, 0.2) is 71.4 Å². The quantitative estimate of drug-likeness (QED) is 0.503. The molecule has 30 heavy (non-hydrogen) atoms. The Bertz CT molecular complexity index is 1120. The van der Waals surface area contributed by atoms with Gasteiger partial charge in [-0.05, 0) is 36.1 Å². The van der Waals surface area contributed by atoms with Crippen LogP contribution in [0.1, 0.15) is 37.8 Å². The Morgan fingerprint density at radius 2 is 1.83 bits per heavy atom. The van der Waals surface area contributed by atoms with Gasteiger partial charge in [-0.25, -0.2) is 13.1 Å². The molecule has 158 valence electrons. The second-order valence-electron chi connectivity index (χ2n) is 7.74. The number of hydrogen-bond acceptors (Lipinski definition) is 4. The molecule has 0 aliphatic heterocycles. The van der Waals surface area contributed by atoms with Crippen LogP contribution in [-0.2, 0) is 10.0 Å². The molecule has 0 unspecified atom stereocenters. The summed E-state index contributed by atoms with van der Waals surface area (Å²) in [6.07, 6.45) is 5.42. The Balaban J connectivity index is 1.50. The van der Waals surface area contributed by atoms with Crippen LogP contribution in [0, 0.1) is 0 Å². The molecule has 0 bridgehead atoms. The lowest BCUT2D eigenvalue weighted by Crippen LogP contribution is -2.32. The molecule has 3 rings (SSSR count). The van der Waals surface area contributed by atoms with E-state index in [4.69, 9.17) is 0 Å². The van der Waals surface area contributed by atoms with Crippen molar-refractivity contribution in [3.63, 3.8) is 0 Å². The summed E-state index contributed by atoms with van der Waals surface area (Å²) >= 11 is 0. The Morgan fingerprint density at radius 1 is 1.07 bits per heavy atom. The van der Waals surface area contributed by atoms with Gasteiger partial charge < -0.3 is 5.32 Å². The van der Waals surface area contributed by atoms with Crippen molar-refractivity contribution in [2.24, 2.45) is 0 Å². The van der Waals surface area contributed by atoms with Crippen LogP contribution in [0.25, 0.3) is 16.8 Å². The molecule has 3 aromatic rings. The fraction of sp³-hybridized carbons (Fsp3) is 0.292. The average molecular weight is 424 g/mol. The molecule has 0 spiro atoms. The normalized spacial score (nSPS) is 12.6. The zero-order valence-corrected chi connectivity index (χ0v) is 18.5. The van der Waals surface area contributed by atoms with Gasteiger partial charge in [0, 0.05) is 42.8 Å². The first-order chi connectivity index (χ1) is 14.4.